The van der Waals surface area contributed by atoms with E-state index in [4.69, 9.17) is 11.6 Å². The lowest BCUT2D eigenvalue weighted by Crippen LogP contribution is -2.33. The largest absolute Gasteiger partial charge is 0.240 e. The molecule has 1 aromatic heterocycles. The molecule has 2 rings (SSSR count). The van der Waals surface area contributed by atoms with Crippen molar-refractivity contribution >= 4 is 33.0 Å². The molecule has 0 fully saturated rings. The van der Waals surface area contributed by atoms with E-state index in [-0.39, 0.29) is 10.9 Å². The smallest absolute Gasteiger partial charge is 0.208 e. The summed E-state index contributed by atoms with van der Waals surface area (Å²) in [6.45, 7) is 1.85. The lowest BCUT2D eigenvalue weighted by Gasteiger charge is -2.13. The van der Waals surface area contributed by atoms with Crippen molar-refractivity contribution in [2.24, 2.45) is 0 Å². The summed E-state index contributed by atoms with van der Waals surface area (Å²) in [6.07, 6.45) is 0.685. The molecule has 0 aliphatic rings. The molecule has 19 heavy (non-hydrogen) atoms. The Bertz CT molecular complexity index is 621. The van der Waals surface area contributed by atoms with Gasteiger partial charge in [0.25, 0.3) is 0 Å². The summed E-state index contributed by atoms with van der Waals surface area (Å²) in [5.41, 5.74) is 0. The fraction of sp³-hybridized carbons (Fsp3) is 0.231. The first-order valence-electron chi connectivity index (χ1n) is 5.77. The third-order valence-electron chi connectivity index (χ3n) is 2.57. The Morgan fingerprint density at radius 2 is 1.95 bits per heavy atom. The van der Waals surface area contributed by atoms with E-state index in [1.807, 2.05) is 24.4 Å². The first kappa shape index (κ1) is 14.5. The number of hydrogen-bond donors (Lipinski definition) is 1. The number of halogens is 1. The van der Waals surface area contributed by atoms with Crippen LogP contribution >= 0.6 is 22.9 Å². The summed E-state index contributed by atoms with van der Waals surface area (Å²) in [5, 5.41) is 2.50. The Balaban J connectivity index is 2.06. The Morgan fingerprint density at radius 1 is 1.26 bits per heavy atom. The lowest BCUT2D eigenvalue weighted by atomic mass is 10.2. The second-order valence-electron chi connectivity index (χ2n) is 4.26. The van der Waals surface area contributed by atoms with Crippen LogP contribution in [0, 0.1) is 0 Å². The number of nitrogens with one attached hydrogen (secondary N) is 1. The van der Waals surface area contributed by atoms with Gasteiger partial charge in [0.2, 0.25) is 10.0 Å². The fourth-order valence-electron chi connectivity index (χ4n) is 1.72. The van der Waals surface area contributed by atoms with E-state index in [0.717, 1.165) is 4.88 Å². The van der Waals surface area contributed by atoms with E-state index in [1.54, 1.807) is 23.5 Å². The minimum atomic E-state index is -3.48. The summed E-state index contributed by atoms with van der Waals surface area (Å²) in [5.74, 6) is 0. The summed E-state index contributed by atoms with van der Waals surface area (Å²) >= 11 is 7.37. The quantitative estimate of drug-likeness (QED) is 0.920. The number of sulfonamides is 1. The second kappa shape index (κ2) is 6.05. The van der Waals surface area contributed by atoms with Crippen molar-refractivity contribution < 1.29 is 8.42 Å². The van der Waals surface area contributed by atoms with Gasteiger partial charge < -0.3 is 0 Å². The van der Waals surface area contributed by atoms with Crippen molar-refractivity contribution in [3.05, 3.63) is 51.7 Å². The molecule has 6 heteroatoms. The van der Waals surface area contributed by atoms with Crippen LogP contribution in [-0.4, -0.2) is 14.5 Å². The van der Waals surface area contributed by atoms with E-state index in [9.17, 15) is 8.42 Å². The first-order valence-corrected chi connectivity index (χ1v) is 8.52. The normalized spacial score (nSPS) is 13.4. The molecular weight excluding hydrogens is 302 g/mol. The molecule has 0 spiro atoms. The monoisotopic (exact) mass is 315 g/mol. The van der Waals surface area contributed by atoms with Crippen molar-refractivity contribution in [3.63, 3.8) is 0 Å². The van der Waals surface area contributed by atoms with Crippen LogP contribution in [0.3, 0.4) is 0 Å². The first-order chi connectivity index (χ1) is 8.97. The molecule has 1 N–H and O–H groups in total. The Hall–Kier alpha value is -0.880. The van der Waals surface area contributed by atoms with Crippen LogP contribution in [0.15, 0.2) is 46.7 Å². The van der Waals surface area contributed by atoms with Crippen LogP contribution in [-0.2, 0) is 16.4 Å². The van der Waals surface area contributed by atoms with E-state index in [2.05, 4.69) is 4.72 Å². The van der Waals surface area contributed by atoms with Crippen LogP contribution < -0.4 is 4.72 Å². The molecule has 2 aromatic rings. The minimum Gasteiger partial charge on any atom is -0.208 e. The Morgan fingerprint density at radius 3 is 2.53 bits per heavy atom. The average molecular weight is 316 g/mol. The van der Waals surface area contributed by atoms with Gasteiger partial charge in [0.05, 0.1) is 4.90 Å². The second-order valence-corrected chi connectivity index (χ2v) is 7.44. The molecule has 0 bridgehead atoms. The Kier molecular flexibility index (Phi) is 4.62. The molecule has 0 saturated carbocycles. The van der Waals surface area contributed by atoms with Crippen LogP contribution in [0.1, 0.15) is 11.8 Å². The zero-order chi connectivity index (χ0) is 13.9. The predicted molar refractivity (Wildman–Crippen MR) is 79.3 cm³/mol. The van der Waals surface area contributed by atoms with Crippen molar-refractivity contribution in [1.29, 1.82) is 0 Å². The van der Waals surface area contributed by atoms with Crippen LogP contribution in [0.4, 0.5) is 0 Å². The zero-order valence-corrected chi connectivity index (χ0v) is 12.7. The van der Waals surface area contributed by atoms with Gasteiger partial charge in [0.1, 0.15) is 0 Å². The Labute approximate surface area is 122 Å². The molecular formula is C13H14ClNO2S2. The molecule has 0 aliphatic heterocycles. The predicted octanol–water partition coefficient (Wildman–Crippen LogP) is 3.31. The molecule has 0 radical (unpaired) electrons. The molecule has 3 nitrogen and oxygen atoms in total. The summed E-state index contributed by atoms with van der Waals surface area (Å²) < 4.78 is 26.9. The maximum absolute atomic E-state index is 12.1. The van der Waals surface area contributed by atoms with Gasteiger partial charge in [0.15, 0.2) is 0 Å². The van der Waals surface area contributed by atoms with E-state index >= 15 is 0 Å². The molecule has 0 amide bonds. The van der Waals surface area contributed by atoms with Crippen molar-refractivity contribution in [3.8, 4) is 0 Å². The molecule has 1 unspecified atom stereocenters. The molecule has 102 valence electrons. The molecule has 1 heterocycles. The maximum Gasteiger partial charge on any atom is 0.240 e. The average Bonchev–Trinajstić information content (AvgIpc) is 2.81. The molecule has 1 atom stereocenters. The van der Waals surface area contributed by atoms with Crippen molar-refractivity contribution in [1.82, 2.24) is 4.72 Å². The molecule has 0 saturated heterocycles. The van der Waals surface area contributed by atoms with Gasteiger partial charge in [-0.05, 0) is 49.1 Å². The lowest BCUT2D eigenvalue weighted by molar-refractivity contribution is 0.561. The number of hydrogen-bond acceptors (Lipinski definition) is 3. The number of rotatable bonds is 5. The number of benzene rings is 1. The highest BCUT2D eigenvalue weighted by atomic mass is 35.5. The van der Waals surface area contributed by atoms with E-state index in [0.29, 0.717) is 11.4 Å². The molecule has 0 aliphatic carbocycles. The highest BCUT2D eigenvalue weighted by Crippen LogP contribution is 2.16. The zero-order valence-electron chi connectivity index (χ0n) is 10.3. The highest BCUT2D eigenvalue weighted by Gasteiger charge is 2.17. The SMILES string of the molecule is CC(Cc1cccs1)NS(=O)(=O)c1ccc(Cl)cc1. The van der Waals surface area contributed by atoms with Gasteiger partial charge in [-0.3, -0.25) is 0 Å². The van der Waals surface area contributed by atoms with E-state index < -0.39 is 10.0 Å². The van der Waals surface area contributed by atoms with Gasteiger partial charge in [-0.15, -0.1) is 11.3 Å². The standard InChI is InChI=1S/C13H14ClNO2S2/c1-10(9-12-3-2-8-18-12)15-19(16,17)13-6-4-11(14)5-7-13/h2-8,10,15H,9H2,1H3. The van der Waals surface area contributed by atoms with Gasteiger partial charge in [-0.25, -0.2) is 13.1 Å². The van der Waals surface area contributed by atoms with Gasteiger partial charge in [-0.1, -0.05) is 17.7 Å². The summed E-state index contributed by atoms with van der Waals surface area (Å²) in [7, 11) is -3.48. The summed E-state index contributed by atoms with van der Waals surface area (Å²) in [4.78, 5) is 1.39. The topological polar surface area (TPSA) is 46.2 Å². The van der Waals surface area contributed by atoms with Crippen molar-refractivity contribution in [2.75, 3.05) is 0 Å². The van der Waals surface area contributed by atoms with Gasteiger partial charge in [0, 0.05) is 15.9 Å². The van der Waals surface area contributed by atoms with Crippen molar-refractivity contribution in [2.45, 2.75) is 24.3 Å². The maximum atomic E-state index is 12.1. The van der Waals surface area contributed by atoms with Crippen LogP contribution in [0.5, 0.6) is 0 Å². The molecule has 1 aromatic carbocycles. The fourth-order valence-corrected chi connectivity index (χ4v) is 3.92. The van der Waals surface area contributed by atoms with Gasteiger partial charge >= 0.3 is 0 Å². The van der Waals surface area contributed by atoms with Gasteiger partial charge in [-0.2, -0.15) is 0 Å². The third kappa shape index (κ3) is 4.04. The minimum absolute atomic E-state index is 0.153. The van der Waals surface area contributed by atoms with Crippen LogP contribution in [0.25, 0.3) is 0 Å². The highest BCUT2D eigenvalue weighted by molar-refractivity contribution is 7.89. The van der Waals surface area contributed by atoms with Crippen LogP contribution in [0.2, 0.25) is 5.02 Å². The van der Waals surface area contributed by atoms with E-state index in [1.165, 1.54) is 12.1 Å². The summed E-state index contributed by atoms with van der Waals surface area (Å²) in [6, 6.07) is 9.95. The third-order valence-corrected chi connectivity index (χ3v) is 5.32. The number of thiophene rings is 1.